The summed E-state index contributed by atoms with van der Waals surface area (Å²) in [7, 11) is 0. The van der Waals surface area contributed by atoms with Gasteiger partial charge in [0.15, 0.2) is 17.8 Å². The number of amides is 1. The van der Waals surface area contributed by atoms with Crippen molar-refractivity contribution < 1.29 is 27.7 Å². The molecule has 3 aromatic rings. The average Bonchev–Trinajstić information content (AvgIpc) is 3.20. The van der Waals surface area contributed by atoms with Crippen LogP contribution < -0.4 is 10.6 Å². The molecular weight excluding hydrogens is 369 g/mol. The maximum Gasteiger partial charge on any atom is 0.416 e. The van der Waals surface area contributed by atoms with Crippen molar-refractivity contribution in [3.05, 3.63) is 89.9 Å². The molecule has 0 spiro atoms. The molecule has 4 nitrogen and oxygen atoms in total. The number of hydrogen-bond donors (Lipinski definition) is 2. The quantitative estimate of drug-likeness (QED) is 0.670. The van der Waals surface area contributed by atoms with Crippen molar-refractivity contribution in [1.82, 2.24) is 0 Å². The van der Waals surface area contributed by atoms with Crippen LogP contribution in [0.4, 0.5) is 18.9 Å². The van der Waals surface area contributed by atoms with Crippen LogP contribution in [0.3, 0.4) is 0 Å². The maximum absolute atomic E-state index is 12.6. The molecule has 0 saturated carbocycles. The van der Waals surface area contributed by atoms with Gasteiger partial charge in [0.25, 0.3) is 5.91 Å². The van der Waals surface area contributed by atoms with Crippen LogP contribution in [0, 0.1) is 0 Å². The van der Waals surface area contributed by atoms with Crippen LogP contribution in [0.5, 0.6) is 0 Å². The zero-order valence-corrected chi connectivity index (χ0v) is 15.1. The average molecular weight is 389 g/mol. The second-order valence-corrected chi connectivity index (χ2v) is 6.45. The largest absolute Gasteiger partial charge is 0.463 e. The number of benzene rings is 2. The number of rotatable bonds is 6. The Hall–Kier alpha value is -3.06. The Bertz CT molecular complexity index is 892. The van der Waals surface area contributed by atoms with E-state index in [1.807, 2.05) is 41.7 Å². The lowest BCUT2D eigenvalue weighted by atomic mass is 10.0. The molecule has 0 unspecified atom stereocenters. The lowest BCUT2D eigenvalue weighted by Gasteiger charge is -2.19. The van der Waals surface area contributed by atoms with Crippen LogP contribution in [0.1, 0.15) is 29.9 Å². The zero-order valence-electron chi connectivity index (χ0n) is 15.1. The first kappa shape index (κ1) is 19.7. The van der Waals surface area contributed by atoms with E-state index in [-0.39, 0.29) is 11.9 Å². The number of carbonyl (C=O) groups is 1. The normalized spacial score (nSPS) is 13.7. The predicted octanol–water partition coefficient (Wildman–Crippen LogP) is 3.98. The minimum atomic E-state index is -4.41. The molecule has 1 aromatic heterocycles. The van der Waals surface area contributed by atoms with Crippen molar-refractivity contribution in [2.45, 2.75) is 25.2 Å². The van der Waals surface area contributed by atoms with Gasteiger partial charge in [-0.05, 0) is 43.3 Å². The van der Waals surface area contributed by atoms with Gasteiger partial charge in [-0.3, -0.25) is 4.79 Å². The molecule has 0 saturated heterocycles. The summed E-state index contributed by atoms with van der Waals surface area (Å²) < 4.78 is 43.5. The number of quaternary nitrogens is 1. The zero-order chi connectivity index (χ0) is 20.1. The van der Waals surface area contributed by atoms with Crippen molar-refractivity contribution in [2.24, 2.45) is 0 Å². The summed E-state index contributed by atoms with van der Waals surface area (Å²) in [6.07, 6.45) is -2.83. The van der Waals surface area contributed by atoms with Gasteiger partial charge in [-0.1, -0.05) is 30.3 Å². The third-order valence-corrected chi connectivity index (χ3v) is 4.38. The molecule has 3 N–H and O–H groups in total. The monoisotopic (exact) mass is 389 g/mol. The van der Waals surface area contributed by atoms with Crippen LogP contribution in [-0.4, -0.2) is 11.9 Å². The Morgan fingerprint density at radius 2 is 1.68 bits per heavy atom. The number of nitrogens with two attached hydrogens (primary N) is 1. The van der Waals surface area contributed by atoms with E-state index in [9.17, 15) is 18.0 Å². The van der Waals surface area contributed by atoms with Crippen molar-refractivity contribution in [1.29, 1.82) is 0 Å². The number of nitrogens with one attached hydrogen (secondary N) is 1. The summed E-state index contributed by atoms with van der Waals surface area (Å²) in [6, 6.07) is 16.9. The first-order valence-electron chi connectivity index (χ1n) is 8.76. The highest BCUT2D eigenvalue weighted by molar-refractivity contribution is 5.93. The lowest BCUT2D eigenvalue weighted by molar-refractivity contribution is -0.706. The summed E-state index contributed by atoms with van der Waals surface area (Å²) in [4.78, 5) is 12.5. The molecule has 7 heteroatoms. The van der Waals surface area contributed by atoms with Gasteiger partial charge in [0.05, 0.1) is 11.8 Å². The highest BCUT2D eigenvalue weighted by Gasteiger charge is 2.30. The van der Waals surface area contributed by atoms with Gasteiger partial charge in [0.1, 0.15) is 0 Å². The third kappa shape index (κ3) is 4.80. The first-order valence-corrected chi connectivity index (χ1v) is 8.76. The van der Waals surface area contributed by atoms with Crippen molar-refractivity contribution in [2.75, 3.05) is 5.32 Å². The SMILES string of the molecule is C[C@@H]([NH2+][C@H](c1ccccc1)c1ccco1)C(=O)Nc1ccc(C(F)(F)F)cc1. The van der Waals surface area contributed by atoms with Crippen molar-refractivity contribution in [3.8, 4) is 0 Å². The molecule has 0 fully saturated rings. The number of hydrogen-bond acceptors (Lipinski definition) is 2. The van der Waals surface area contributed by atoms with E-state index < -0.39 is 17.8 Å². The number of halogens is 3. The fourth-order valence-electron chi connectivity index (χ4n) is 2.87. The number of furan rings is 1. The van der Waals surface area contributed by atoms with E-state index in [0.29, 0.717) is 11.4 Å². The second kappa shape index (κ2) is 8.31. The third-order valence-electron chi connectivity index (χ3n) is 4.38. The highest BCUT2D eigenvalue weighted by Crippen LogP contribution is 2.29. The summed E-state index contributed by atoms with van der Waals surface area (Å²) in [6.45, 7) is 1.73. The minimum absolute atomic E-state index is 0.218. The maximum atomic E-state index is 12.6. The molecule has 1 amide bonds. The Labute approximate surface area is 160 Å². The molecule has 0 bridgehead atoms. The topological polar surface area (TPSA) is 58.9 Å². The fourth-order valence-corrected chi connectivity index (χ4v) is 2.87. The number of anilines is 1. The molecule has 28 heavy (non-hydrogen) atoms. The number of alkyl halides is 3. The molecule has 1 heterocycles. The molecule has 2 aromatic carbocycles. The van der Waals surface area contributed by atoms with Gasteiger partial charge in [-0.2, -0.15) is 13.2 Å². The summed E-state index contributed by atoms with van der Waals surface area (Å²) in [5, 5.41) is 4.51. The van der Waals surface area contributed by atoms with Gasteiger partial charge in [-0.25, -0.2) is 0 Å². The smallest absolute Gasteiger partial charge is 0.416 e. The summed E-state index contributed by atoms with van der Waals surface area (Å²) in [5.41, 5.74) is 0.534. The van der Waals surface area contributed by atoms with E-state index in [1.165, 1.54) is 12.1 Å². The van der Waals surface area contributed by atoms with Crippen LogP contribution in [-0.2, 0) is 11.0 Å². The molecule has 0 aliphatic rings. The van der Waals surface area contributed by atoms with Gasteiger partial charge in [-0.15, -0.1) is 0 Å². The van der Waals surface area contributed by atoms with E-state index in [1.54, 1.807) is 19.3 Å². The Morgan fingerprint density at radius 3 is 2.25 bits per heavy atom. The summed E-state index contributed by atoms with van der Waals surface area (Å²) in [5.74, 6) is 0.396. The van der Waals surface area contributed by atoms with Crippen LogP contribution in [0.25, 0.3) is 0 Å². The van der Waals surface area contributed by atoms with E-state index >= 15 is 0 Å². The Balaban J connectivity index is 1.70. The molecule has 146 valence electrons. The van der Waals surface area contributed by atoms with Gasteiger partial charge < -0.3 is 15.1 Å². The standard InChI is InChI=1S/C21H19F3N2O2/c1-14(20(27)26-17-11-9-16(10-12-17)21(22,23)24)25-19(18-8-5-13-28-18)15-6-3-2-4-7-15/h2-14,19,25H,1H3,(H,26,27)/p+1/t14-,19-/m1/s1. The van der Waals surface area contributed by atoms with E-state index in [2.05, 4.69) is 5.32 Å². The molecule has 0 aliphatic heterocycles. The molecule has 3 rings (SSSR count). The number of carbonyl (C=O) groups excluding carboxylic acids is 1. The molecule has 0 radical (unpaired) electrons. The molecular formula is C21H20F3N2O2+. The van der Waals surface area contributed by atoms with Gasteiger partial charge in [0, 0.05) is 11.3 Å². The molecule has 2 atom stereocenters. The second-order valence-electron chi connectivity index (χ2n) is 6.45. The predicted molar refractivity (Wildman–Crippen MR) is 98.5 cm³/mol. The fraction of sp³-hybridized carbons (Fsp3) is 0.190. The highest BCUT2D eigenvalue weighted by atomic mass is 19.4. The van der Waals surface area contributed by atoms with Crippen molar-refractivity contribution in [3.63, 3.8) is 0 Å². The first-order chi connectivity index (χ1) is 13.3. The van der Waals surface area contributed by atoms with Crippen LogP contribution in [0.15, 0.2) is 77.4 Å². The minimum Gasteiger partial charge on any atom is -0.463 e. The van der Waals surface area contributed by atoms with Crippen LogP contribution >= 0.6 is 0 Å². The van der Waals surface area contributed by atoms with E-state index in [0.717, 1.165) is 17.7 Å². The van der Waals surface area contributed by atoms with Gasteiger partial charge >= 0.3 is 6.18 Å². The van der Waals surface area contributed by atoms with Crippen molar-refractivity contribution >= 4 is 11.6 Å². The van der Waals surface area contributed by atoms with Crippen LogP contribution in [0.2, 0.25) is 0 Å². The Morgan fingerprint density at radius 1 is 1.00 bits per heavy atom. The lowest BCUT2D eigenvalue weighted by Crippen LogP contribution is -2.92. The summed E-state index contributed by atoms with van der Waals surface area (Å²) >= 11 is 0. The van der Waals surface area contributed by atoms with Gasteiger partial charge in [0.2, 0.25) is 0 Å². The molecule has 0 aliphatic carbocycles. The van der Waals surface area contributed by atoms with E-state index in [4.69, 9.17) is 4.42 Å². The Kier molecular flexibility index (Phi) is 5.84.